The molecule has 0 bridgehead atoms. The molecule has 0 saturated heterocycles. The first-order valence-corrected chi connectivity index (χ1v) is 10.5. The fourth-order valence-electron chi connectivity index (χ4n) is 2.84. The predicted octanol–water partition coefficient (Wildman–Crippen LogP) is 6.51. The van der Waals surface area contributed by atoms with E-state index in [0.717, 1.165) is 20.6 Å². The van der Waals surface area contributed by atoms with E-state index in [1.807, 2.05) is 43.3 Å². The fraction of sp³-hybridized carbons (Fsp3) is 0.217. The van der Waals surface area contributed by atoms with Gasteiger partial charge < -0.3 is 14.8 Å². The Hall–Kier alpha value is -2.08. The van der Waals surface area contributed by atoms with E-state index in [4.69, 9.17) is 21.1 Å². The fourth-order valence-corrected chi connectivity index (χ4v) is 3.50. The minimum Gasteiger partial charge on any atom is -0.490 e. The second kappa shape index (κ2) is 10.6. The van der Waals surface area contributed by atoms with Crippen molar-refractivity contribution in [2.45, 2.75) is 26.6 Å². The summed E-state index contributed by atoms with van der Waals surface area (Å²) in [6, 6.07) is 18.1. The Morgan fingerprint density at radius 3 is 2.28 bits per heavy atom. The molecule has 3 nitrogen and oxygen atoms in total. The molecule has 3 aromatic rings. The smallest absolute Gasteiger partial charge is 0.162 e. The van der Waals surface area contributed by atoms with Crippen molar-refractivity contribution in [1.82, 2.24) is 5.32 Å². The highest BCUT2D eigenvalue weighted by atomic mass is 79.9. The Morgan fingerprint density at radius 2 is 1.55 bits per heavy atom. The molecule has 6 heteroatoms. The summed E-state index contributed by atoms with van der Waals surface area (Å²) in [5.74, 6) is 0.906. The molecule has 0 saturated carbocycles. The van der Waals surface area contributed by atoms with Crippen LogP contribution in [0.2, 0.25) is 5.02 Å². The van der Waals surface area contributed by atoms with Gasteiger partial charge in [-0.25, -0.2) is 4.39 Å². The van der Waals surface area contributed by atoms with Crippen molar-refractivity contribution >= 4 is 27.5 Å². The molecule has 152 valence electrons. The highest BCUT2D eigenvalue weighted by Gasteiger charge is 2.12. The Labute approximate surface area is 183 Å². The second-order valence-electron chi connectivity index (χ2n) is 6.40. The third kappa shape index (κ3) is 5.95. The van der Waals surface area contributed by atoms with E-state index in [1.165, 1.54) is 6.07 Å². The van der Waals surface area contributed by atoms with Crippen LogP contribution in [0.15, 0.2) is 65.1 Å². The molecule has 0 aromatic heterocycles. The molecule has 0 aliphatic heterocycles. The van der Waals surface area contributed by atoms with Gasteiger partial charge in [-0.15, -0.1) is 0 Å². The molecule has 3 rings (SSSR count). The number of ether oxygens (including phenoxy) is 2. The molecular weight excluding hydrogens is 457 g/mol. The van der Waals surface area contributed by atoms with Gasteiger partial charge in [-0.05, 0) is 42.3 Å². The molecule has 3 aromatic carbocycles. The minimum absolute atomic E-state index is 0.128. The first kappa shape index (κ1) is 21.6. The lowest BCUT2D eigenvalue weighted by atomic mass is 10.1. The molecule has 29 heavy (non-hydrogen) atoms. The Morgan fingerprint density at radius 1 is 0.897 bits per heavy atom. The molecule has 0 fully saturated rings. The molecule has 0 radical (unpaired) electrons. The Balaban J connectivity index is 1.70. The van der Waals surface area contributed by atoms with E-state index in [0.29, 0.717) is 36.8 Å². The SMILES string of the molecule is CCOc1cc(CNCc2ccccc2Cl)c(Br)cc1OCc1ccccc1F. The summed E-state index contributed by atoms with van der Waals surface area (Å²) in [6.07, 6.45) is 0. The van der Waals surface area contributed by atoms with Gasteiger partial charge in [0, 0.05) is 28.1 Å². The number of halogens is 3. The van der Waals surface area contributed by atoms with E-state index >= 15 is 0 Å². The topological polar surface area (TPSA) is 30.5 Å². The van der Waals surface area contributed by atoms with Gasteiger partial charge >= 0.3 is 0 Å². The molecule has 1 N–H and O–H groups in total. The van der Waals surface area contributed by atoms with Crippen molar-refractivity contribution in [3.63, 3.8) is 0 Å². The summed E-state index contributed by atoms with van der Waals surface area (Å²) >= 11 is 9.81. The van der Waals surface area contributed by atoms with E-state index in [9.17, 15) is 4.39 Å². The molecule has 0 spiro atoms. The van der Waals surface area contributed by atoms with Crippen LogP contribution in [0, 0.1) is 5.82 Å². The summed E-state index contributed by atoms with van der Waals surface area (Å²) in [7, 11) is 0. The van der Waals surface area contributed by atoms with Gasteiger partial charge in [-0.3, -0.25) is 0 Å². The van der Waals surface area contributed by atoms with E-state index in [-0.39, 0.29) is 12.4 Å². The molecular formula is C23H22BrClFNO2. The summed E-state index contributed by atoms with van der Waals surface area (Å²) < 4.78 is 26.3. The Kier molecular flexibility index (Phi) is 7.92. The summed E-state index contributed by atoms with van der Waals surface area (Å²) in [6.45, 7) is 3.83. The van der Waals surface area contributed by atoms with Crippen LogP contribution in [0.5, 0.6) is 11.5 Å². The first-order chi connectivity index (χ1) is 14.1. The number of hydrogen-bond donors (Lipinski definition) is 1. The zero-order valence-electron chi connectivity index (χ0n) is 16.1. The van der Waals surface area contributed by atoms with E-state index in [1.54, 1.807) is 18.2 Å². The summed E-state index contributed by atoms with van der Waals surface area (Å²) in [5.41, 5.74) is 2.57. The van der Waals surface area contributed by atoms with Gasteiger partial charge in [0.25, 0.3) is 0 Å². The maximum atomic E-state index is 13.9. The van der Waals surface area contributed by atoms with Crippen LogP contribution in [-0.4, -0.2) is 6.61 Å². The van der Waals surface area contributed by atoms with Crippen molar-refractivity contribution in [2.24, 2.45) is 0 Å². The molecule has 0 amide bonds. The number of rotatable bonds is 9. The van der Waals surface area contributed by atoms with Gasteiger partial charge in [0.15, 0.2) is 11.5 Å². The quantitative estimate of drug-likeness (QED) is 0.380. The van der Waals surface area contributed by atoms with Crippen LogP contribution in [0.25, 0.3) is 0 Å². The lowest BCUT2D eigenvalue weighted by Crippen LogP contribution is -2.13. The van der Waals surface area contributed by atoms with Crippen LogP contribution < -0.4 is 14.8 Å². The maximum Gasteiger partial charge on any atom is 0.162 e. The van der Waals surface area contributed by atoms with Gasteiger partial charge in [0.2, 0.25) is 0 Å². The monoisotopic (exact) mass is 477 g/mol. The van der Waals surface area contributed by atoms with Crippen LogP contribution in [0.1, 0.15) is 23.6 Å². The van der Waals surface area contributed by atoms with Crippen LogP contribution >= 0.6 is 27.5 Å². The third-order valence-corrected chi connectivity index (χ3v) is 5.45. The standard InChI is InChI=1S/C23H22BrClFNO2/c1-2-28-22-11-18(14-27-13-16-7-3-5-9-20(16)25)19(24)12-23(22)29-15-17-8-4-6-10-21(17)26/h3-12,27H,2,13-15H2,1H3. The first-order valence-electron chi connectivity index (χ1n) is 9.34. The largest absolute Gasteiger partial charge is 0.490 e. The highest BCUT2D eigenvalue weighted by Crippen LogP contribution is 2.34. The van der Waals surface area contributed by atoms with Crippen molar-refractivity contribution in [2.75, 3.05) is 6.61 Å². The minimum atomic E-state index is -0.287. The number of hydrogen-bond acceptors (Lipinski definition) is 3. The van der Waals surface area contributed by atoms with Gasteiger partial charge in [-0.2, -0.15) is 0 Å². The van der Waals surface area contributed by atoms with Crippen LogP contribution in [0.3, 0.4) is 0 Å². The van der Waals surface area contributed by atoms with Gasteiger partial charge in [-0.1, -0.05) is 63.9 Å². The lowest BCUT2D eigenvalue weighted by molar-refractivity contribution is 0.265. The third-order valence-electron chi connectivity index (χ3n) is 4.34. The molecule has 0 aliphatic carbocycles. The van der Waals surface area contributed by atoms with Crippen LogP contribution in [0.4, 0.5) is 4.39 Å². The highest BCUT2D eigenvalue weighted by molar-refractivity contribution is 9.10. The van der Waals surface area contributed by atoms with E-state index in [2.05, 4.69) is 21.2 Å². The van der Waals surface area contributed by atoms with E-state index < -0.39 is 0 Å². The molecule has 0 unspecified atom stereocenters. The van der Waals surface area contributed by atoms with Crippen molar-refractivity contribution in [1.29, 1.82) is 0 Å². The zero-order valence-corrected chi connectivity index (χ0v) is 18.4. The molecule has 0 aliphatic rings. The zero-order chi connectivity index (χ0) is 20.6. The van der Waals surface area contributed by atoms with Gasteiger partial charge in [0.05, 0.1) is 6.61 Å². The maximum absolute atomic E-state index is 13.9. The summed E-state index contributed by atoms with van der Waals surface area (Å²) in [4.78, 5) is 0. The lowest BCUT2D eigenvalue weighted by Gasteiger charge is -2.16. The number of benzene rings is 3. The average molecular weight is 479 g/mol. The normalized spacial score (nSPS) is 10.8. The molecule has 0 heterocycles. The Bertz CT molecular complexity index is 967. The second-order valence-corrected chi connectivity index (χ2v) is 7.66. The van der Waals surface area contributed by atoms with Crippen LogP contribution in [-0.2, 0) is 19.7 Å². The van der Waals surface area contributed by atoms with Crippen molar-refractivity contribution in [3.8, 4) is 11.5 Å². The molecule has 0 atom stereocenters. The van der Waals surface area contributed by atoms with Crippen molar-refractivity contribution in [3.05, 3.63) is 92.7 Å². The van der Waals surface area contributed by atoms with Gasteiger partial charge in [0.1, 0.15) is 12.4 Å². The summed E-state index contributed by atoms with van der Waals surface area (Å²) in [5, 5.41) is 4.13. The number of nitrogens with one attached hydrogen (secondary N) is 1. The average Bonchev–Trinajstić information content (AvgIpc) is 2.71. The van der Waals surface area contributed by atoms with Crippen molar-refractivity contribution < 1.29 is 13.9 Å². The predicted molar refractivity (Wildman–Crippen MR) is 118 cm³/mol.